The molecular formula is C22H30FN5. The average molecular weight is 384 g/mol. The topological polar surface area (TPSA) is 42.9 Å². The van der Waals surface area contributed by atoms with Gasteiger partial charge in [0.1, 0.15) is 5.82 Å². The third-order valence-corrected chi connectivity index (χ3v) is 5.01. The second-order valence-electron chi connectivity index (χ2n) is 7.09. The Morgan fingerprint density at radius 2 is 1.64 bits per heavy atom. The molecule has 2 N–H and O–H groups in total. The van der Waals surface area contributed by atoms with Crippen LogP contribution in [0.15, 0.2) is 59.6 Å². The van der Waals surface area contributed by atoms with Crippen molar-refractivity contribution in [1.29, 1.82) is 0 Å². The van der Waals surface area contributed by atoms with E-state index in [9.17, 15) is 4.39 Å². The number of guanidine groups is 1. The molecule has 0 aromatic heterocycles. The molecule has 2 aromatic rings. The highest BCUT2D eigenvalue weighted by molar-refractivity contribution is 5.79. The Kier molecular flexibility index (Phi) is 7.82. The molecule has 3 rings (SSSR count). The third-order valence-electron chi connectivity index (χ3n) is 5.01. The largest absolute Gasteiger partial charge is 0.355 e. The first-order chi connectivity index (χ1) is 13.7. The fourth-order valence-electron chi connectivity index (χ4n) is 3.40. The lowest BCUT2D eigenvalue weighted by Gasteiger charge is -2.34. The van der Waals surface area contributed by atoms with E-state index >= 15 is 0 Å². The van der Waals surface area contributed by atoms with Crippen molar-refractivity contribution in [2.45, 2.75) is 13.1 Å². The Morgan fingerprint density at radius 1 is 0.929 bits per heavy atom. The van der Waals surface area contributed by atoms with Gasteiger partial charge >= 0.3 is 0 Å². The molecule has 0 saturated carbocycles. The second-order valence-corrected chi connectivity index (χ2v) is 7.09. The highest BCUT2D eigenvalue weighted by Crippen LogP contribution is 2.08. The molecule has 1 fully saturated rings. The van der Waals surface area contributed by atoms with E-state index in [0.717, 1.165) is 57.3 Å². The monoisotopic (exact) mass is 383 g/mol. The Morgan fingerprint density at radius 3 is 2.36 bits per heavy atom. The summed E-state index contributed by atoms with van der Waals surface area (Å²) in [5.74, 6) is 0.528. The van der Waals surface area contributed by atoms with Gasteiger partial charge in [-0.05, 0) is 23.3 Å². The van der Waals surface area contributed by atoms with Crippen molar-refractivity contribution >= 4 is 5.96 Å². The Bertz CT molecular complexity index is 742. The predicted octanol–water partition coefficient (Wildman–Crippen LogP) is 2.31. The summed E-state index contributed by atoms with van der Waals surface area (Å²) in [5.41, 5.74) is 2.28. The lowest BCUT2D eigenvalue weighted by molar-refractivity contribution is 0.129. The van der Waals surface area contributed by atoms with Crippen LogP contribution in [0.4, 0.5) is 4.39 Å². The van der Waals surface area contributed by atoms with Crippen LogP contribution in [0.25, 0.3) is 0 Å². The number of rotatable bonds is 7. The predicted molar refractivity (Wildman–Crippen MR) is 113 cm³/mol. The van der Waals surface area contributed by atoms with E-state index in [-0.39, 0.29) is 5.82 Å². The maximum absolute atomic E-state index is 13.2. The number of hydrogen-bond donors (Lipinski definition) is 2. The summed E-state index contributed by atoms with van der Waals surface area (Å²) in [7, 11) is 1.75. The SMILES string of the molecule is CN=C(NCCN1CCN(Cc2ccccc2)CC1)NCc1cccc(F)c1. The first kappa shape index (κ1) is 20.3. The molecule has 0 spiro atoms. The molecule has 0 bridgehead atoms. The number of nitrogens with one attached hydrogen (secondary N) is 2. The zero-order chi connectivity index (χ0) is 19.6. The Hall–Kier alpha value is -2.44. The minimum absolute atomic E-state index is 0.214. The third kappa shape index (κ3) is 6.62. The maximum atomic E-state index is 13.2. The molecule has 0 aliphatic carbocycles. The number of halogens is 1. The molecule has 1 saturated heterocycles. The van der Waals surface area contributed by atoms with Crippen molar-refractivity contribution in [3.8, 4) is 0 Å². The van der Waals surface area contributed by atoms with Crippen LogP contribution in [-0.4, -0.2) is 62.1 Å². The van der Waals surface area contributed by atoms with E-state index in [1.807, 2.05) is 6.07 Å². The zero-order valence-electron chi connectivity index (χ0n) is 16.6. The van der Waals surface area contributed by atoms with Crippen molar-refractivity contribution in [2.24, 2.45) is 4.99 Å². The van der Waals surface area contributed by atoms with Gasteiger partial charge in [-0.2, -0.15) is 0 Å². The molecule has 28 heavy (non-hydrogen) atoms. The van der Waals surface area contributed by atoms with Crippen LogP contribution in [0.1, 0.15) is 11.1 Å². The maximum Gasteiger partial charge on any atom is 0.191 e. The Labute approximate surface area is 167 Å². The molecule has 1 aliphatic rings. The summed E-state index contributed by atoms with van der Waals surface area (Å²) in [6.07, 6.45) is 0. The molecule has 5 nitrogen and oxygen atoms in total. The standard InChI is InChI=1S/C22H30FN5/c1-24-22(26-17-20-8-5-9-21(23)16-20)25-10-11-27-12-14-28(15-13-27)18-19-6-3-2-4-7-19/h2-9,16H,10-15,17-18H2,1H3,(H2,24,25,26). The summed E-state index contributed by atoms with van der Waals surface area (Å²) < 4.78 is 13.2. The van der Waals surface area contributed by atoms with E-state index in [4.69, 9.17) is 0 Å². The zero-order valence-corrected chi connectivity index (χ0v) is 16.6. The number of benzene rings is 2. The van der Waals surface area contributed by atoms with Gasteiger partial charge in [0.05, 0.1) is 0 Å². The molecule has 0 amide bonds. The molecular weight excluding hydrogens is 353 g/mol. The van der Waals surface area contributed by atoms with Crippen LogP contribution in [0, 0.1) is 5.82 Å². The van der Waals surface area contributed by atoms with Crippen LogP contribution >= 0.6 is 0 Å². The number of hydrogen-bond acceptors (Lipinski definition) is 3. The van der Waals surface area contributed by atoms with Gasteiger partial charge in [0, 0.05) is 59.4 Å². The highest BCUT2D eigenvalue weighted by Gasteiger charge is 2.16. The minimum atomic E-state index is -0.214. The summed E-state index contributed by atoms with van der Waals surface area (Å²) >= 11 is 0. The fourth-order valence-corrected chi connectivity index (χ4v) is 3.40. The van der Waals surface area contributed by atoms with Gasteiger partial charge in [0.2, 0.25) is 0 Å². The van der Waals surface area contributed by atoms with Crippen LogP contribution in [0.3, 0.4) is 0 Å². The summed E-state index contributed by atoms with van der Waals surface area (Å²) in [6, 6.07) is 17.3. The van der Waals surface area contributed by atoms with E-state index in [1.165, 1.54) is 17.7 Å². The highest BCUT2D eigenvalue weighted by atomic mass is 19.1. The smallest absolute Gasteiger partial charge is 0.191 e. The van der Waals surface area contributed by atoms with E-state index in [2.05, 4.69) is 55.8 Å². The number of aliphatic imine (C=N–C) groups is 1. The molecule has 0 radical (unpaired) electrons. The summed E-state index contributed by atoms with van der Waals surface area (Å²) in [6.45, 7) is 7.77. The first-order valence-electron chi connectivity index (χ1n) is 9.90. The molecule has 0 atom stereocenters. The van der Waals surface area contributed by atoms with E-state index in [0.29, 0.717) is 6.54 Å². The van der Waals surface area contributed by atoms with Gasteiger partial charge in [-0.1, -0.05) is 42.5 Å². The number of piperazine rings is 1. The van der Waals surface area contributed by atoms with Gasteiger partial charge in [0.15, 0.2) is 5.96 Å². The van der Waals surface area contributed by atoms with Crippen LogP contribution in [0.2, 0.25) is 0 Å². The molecule has 0 unspecified atom stereocenters. The first-order valence-corrected chi connectivity index (χ1v) is 9.90. The van der Waals surface area contributed by atoms with Gasteiger partial charge in [-0.3, -0.25) is 14.8 Å². The van der Waals surface area contributed by atoms with Crippen molar-refractivity contribution < 1.29 is 4.39 Å². The molecule has 2 aromatic carbocycles. The van der Waals surface area contributed by atoms with Gasteiger partial charge in [-0.15, -0.1) is 0 Å². The molecule has 6 heteroatoms. The second kappa shape index (κ2) is 10.8. The van der Waals surface area contributed by atoms with Gasteiger partial charge < -0.3 is 10.6 Å². The minimum Gasteiger partial charge on any atom is -0.355 e. The van der Waals surface area contributed by atoms with Gasteiger partial charge in [0.25, 0.3) is 0 Å². The van der Waals surface area contributed by atoms with Crippen molar-refractivity contribution in [2.75, 3.05) is 46.3 Å². The normalized spacial score (nSPS) is 16.1. The molecule has 150 valence electrons. The lowest BCUT2D eigenvalue weighted by atomic mass is 10.2. The molecule has 1 aliphatic heterocycles. The number of nitrogens with zero attached hydrogens (tertiary/aromatic N) is 3. The van der Waals surface area contributed by atoms with Crippen LogP contribution in [0.5, 0.6) is 0 Å². The fraction of sp³-hybridized carbons (Fsp3) is 0.409. The van der Waals surface area contributed by atoms with E-state index in [1.54, 1.807) is 13.1 Å². The van der Waals surface area contributed by atoms with Gasteiger partial charge in [-0.25, -0.2) is 4.39 Å². The Balaban J connectivity index is 1.32. The molecule has 1 heterocycles. The van der Waals surface area contributed by atoms with Crippen molar-refractivity contribution in [3.63, 3.8) is 0 Å². The van der Waals surface area contributed by atoms with Crippen LogP contribution in [-0.2, 0) is 13.1 Å². The van der Waals surface area contributed by atoms with Crippen LogP contribution < -0.4 is 10.6 Å². The van der Waals surface area contributed by atoms with E-state index < -0.39 is 0 Å². The average Bonchev–Trinajstić information content (AvgIpc) is 2.72. The van der Waals surface area contributed by atoms with Crippen molar-refractivity contribution in [1.82, 2.24) is 20.4 Å². The lowest BCUT2D eigenvalue weighted by Crippen LogP contribution is -2.48. The van der Waals surface area contributed by atoms with Crippen molar-refractivity contribution in [3.05, 3.63) is 71.5 Å². The quantitative estimate of drug-likeness (QED) is 0.569. The summed E-state index contributed by atoms with van der Waals surface area (Å²) in [5, 5.41) is 6.57. The summed E-state index contributed by atoms with van der Waals surface area (Å²) in [4.78, 5) is 9.23.